The van der Waals surface area contributed by atoms with E-state index in [0.717, 1.165) is 31.2 Å². The number of halogens is 3. The first-order valence-corrected chi connectivity index (χ1v) is 11.0. The summed E-state index contributed by atoms with van der Waals surface area (Å²) < 4.78 is 44.7. The van der Waals surface area contributed by atoms with Gasteiger partial charge < -0.3 is 9.64 Å². The van der Waals surface area contributed by atoms with Gasteiger partial charge in [-0.2, -0.15) is 13.2 Å². The van der Waals surface area contributed by atoms with E-state index in [4.69, 9.17) is 4.74 Å². The fraction of sp³-hybridized carbons (Fsp3) is 0.375. The third kappa shape index (κ3) is 4.57. The number of nitrogens with zero attached hydrogens (tertiary/aromatic N) is 5. The number of fused-ring (bicyclic) bond motifs is 1. The number of aryl methyl sites for hydroxylation is 1. The van der Waals surface area contributed by atoms with E-state index in [1.165, 1.54) is 0 Å². The molecule has 1 aliphatic heterocycles. The first-order valence-electron chi connectivity index (χ1n) is 11.0. The van der Waals surface area contributed by atoms with E-state index in [1.807, 2.05) is 0 Å². The second-order valence-electron chi connectivity index (χ2n) is 8.72. The summed E-state index contributed by atoms with van der Waals surface area (Å²) in [4.78, 5) is 32.4. The number of ether oxygens (including phenoxy) is 1. The number of amides is 1. The minimum absolute atomic E-state index is 0.0479. The lowest BCUT2D eigenvalue weighted by molar-refractivity contribution is -0.137. The van der Waals surface area contributed by atoms with E-state index >= 15 is 0 Å². The maximum absolute atomic E-state index is 13.7. The highest BCUT2D eigenvalue weighted by molar-refractivity contribution is 5.98. The van der Waals surface area contributed by atoms with Gasteiger partial charge in [-0.15, -0.1) is 0 Å². The third-order valence-electron chi connectivity index (χ3n) is 6.31. The number of pyridine rings is 2. The molecule has 1 aliphatic carbocycles. The summed E-state index contributed by atoms with van der Waals surface area (Å²) in [7, 11) is 0. The van der Waals surface area contributed by atoms with Crippen LogP contribution in [0.15, 0.2) is 48.9 Å². The summed E-state index contributed by atoms with van der Waals surface area (Å²) in [5.41, 5.74) is 0.652. The van der Waals surface area contributed by atoms with Crippen molar-refractivity contribution in [3.8, 4) is 17.3 Å². The highest BCUT2D eigenvalue weighted by Gasteiger charge is 2.48. The van der Waals surface area contributed by atoms with Crippen LogP contribution in [0.3, 0.4) is 0 Å². The summed E-state index contributed by atoms with van der Waals surface area (Å²) in [5, 5.41) is 0. The molecule has 0 aromatic carbocycles. The predicted octanol–water partition coefficient (Wildman–Crippen LogP) is 4.19. The summed E-state index contributed by atoms with van der Waals surface area (Å²) in [6, 6.07) is 6.75. The molecule has 4 heterocycles. The van der Waals surface area contributed by atoms with E-state index in [1.54, 1.807) is 42.4 Å². The Balaban J connectivity index is 1.40. The highest BCUT2D eigenvalue weighted by Crippen LogP contribution is 2.47. The summed E-state index contributed by atoms with van der Waals surface area (Å²) in [6.45, 7) is 2.41. The van der Waals surface area contributed by atoms with E-state index in [2.05, 4.69) is 19.9 Å². The lowest BCUT2D eigenvalue weighted by Crippen LogP contribution is -2.48. The molecule has 0 spiro atoms. The number of rotatable bonds is 5. The molecular formula is C24H22F3N5O2. The average Bonchev–Trinajstić information content (AvgIpc) is 3.60. The molecule has 34 heavy (non-hydrogen) atoms. The van der Waals surface area contributed by atoms with Crippen LogP contribution in [0.2, 0.25) is 0 Å². The molecule has 1 saturated carbocycles. The number of carbonyl (C=O) groups excluding carboxylic acids is 1. The van der Waals surface area contributed by atoms with Gasteiger partial charge in [-0.1, -0.05) is 0 Å². The van der Waals surface area contributed by atoms with Gasteiger partial charge in [0.1, 0.15) is 12.3 Å². The van der Waals surface area contributed by atoms with Crippen LogP contribution >= 0.6 is 0 Å². The van der Waals surface area contributed by atoms with Gasteiger partial charge in [-0.25, -0.2) is 19.9 Å². The number of likely N-dealkylation sites (tertiary alicyclic amines) is 1. The van der Waals surface area contributed by atoms with E-state index < -0.39 is 11.7 Å². The zero-order valence-electron chi connectivity index (χ0n) is 18.4. The van der Waals surface area contributed by atoms with Crippen LogP contribution in [0, 0.1) is 18.8 Å². The molecular weight excluding hydrogens is 447 g/mol. The van der Waals surface area contributed by atoms with Crippen molar-refractivity contribution < 1.29 is 22.7 Å². The van der Waals surface area contributed by atoms with Crippen molar-refractivity contribution in [2.75, 3.05) is 13.2 Å². The molecule has 1 amide bonds. The van der Waals surface area contributed by atoms with E-state index in [0.29, 0.717) is 35.5 Å². The van der Waals surface area contributed by atoms with Crippen LogP contribution in [-0.4, -0.2) is 49.9 Å². The van der Waals surface area contributed by atoms with Gasteiger partial charge in [-0.3, -0.25) is 4.79 Å². The Labute approximate surface area is 194 Å². The van der Waals surface area contributed by atoms with Crippen LogP contribution in [-0.2, 0) is 6.18 Å². The van der Waals surface area contributed by atoms with E-state index in [9.17, 15) is 18.0 Å². The Hall–Kier alpha value is -3.56. The van der Waals surface area contributed by atoms with Crippen molar-refractivity contribution in [2.45, 2.75) is 32.0 Å². The number of alkyl halides is 3. The van der Waals surface area contributed by atoms with Gasteiger partial charge >= 0.3 is 6.18 Å². The number of piperidine rings is 1. The molecule has 3 aromatic rings. The zero-order chi connectivity index (χ0) is 23.9. The molecule has 0 unspecified atom stereocenters. The van der Waals surface area contributed by atoms with E-state index in [-0.39, 0.29) is 30.1 Å². The van der Waals surface area contributed by atoms with Crippen molar-refractivity contribution in [1.82, 2.24) is 24.8 Å². The van der Waals surface area contributed by atoms with Gasteiger partial charge in [0.05, 0.1) is 17.2 Å². The molecule has 0 N–H and O–H groups in total. The molecule has 3 atom stereocenters. The maximum atomic E-state index is 13.7. The van der Waals surface area contributed by atoms with Gasteiger partial charge in [0.25, 0.3) is 5.91 Å². The fourth-order valence-corrected chi connectivity index (χ4v) is 4.43. The third-order valence-corrected chi connectivity index (χ3v) is 6.31. The van der Waals surface area contributed by atoms with Gasteiger partial charge in [0.2, 0.25) is 5.88 Å². The number of hydrogen-bond donors (Lipinski definition) is 0. The normalized spacial score (nSPS) is 21.6. The molecule has 0 radical (unpaired) electrons. The van der Waals surface area contributed by atoms with Crippen LogP contribution < -0.4 is 4.74 Å². The Kier molecular flexibility index (Phi) is 5.66. The molecule has 2 fully saturated rings. The van der Waals surface area contributed by atoms with Crippen LogP contribution in [0.4, 0.5) is 13.2 Å². The van der Waals surface area contributed by atoms with Crippen molar-refractivity contribution in [3.63, 3.8) is 0 Å². The fourth-order valence-electron chi connectivity index (χ4n) is 4.43. The van der Waals surface area contributed by atoms with Crippen LogP contribution in [0.25, 0.3) is 11.4 Å². The quantitative estimate of drug-likeness (QED) is 0.558. The lowest BCUT2D eigenvalue weighted by atomic mass is 10.0. The summed E-state index contributed by atoms with van der Waals surface area (Å²) >= 11 is 0. The van der Waals surface area contributed by atoms with Crippen molar-refractivity contribution in [1.29, 1.82) is 0 Å². The van der Waals surface area contributed by atoms with Crippen LogP contribution in [0.1, 0.15) is 34.6 Å². The Bertz CT molecular complexity index is 1200. The second-order valence-corrected chi connectivity index (χ2v) is 8.72. The maximum Gasteiger partial charge on any atom is 0.416 e. The van der Waals surface area contributed by atoms with Gasteiger partial charge in [0, 0.05) is 36.9 Å². The summed E-state index contributed by atoms with van der Waals surface area (Å²) in [6.07, 6.45) is 1.54. The minimum atomic E-state index is -4.48. The van der Waals surface area contributed by atoms with Gasteiger partial charge in [-0.05, 0) is 55.9 Å². The smallest absolute Gasteiger partial charge is 0.416 e. The SMILES string of the molecule is Cc1ccc(-c2ncccn2)c(C(=O)N2C[C@H]3C[C@H]3C[C@H]2COc2cc(C(F)(F)F)ccn2)n1. The molecule has 0 bridgehead atoms. The molecule has 3 aromatic heterocycles. The van der Waals surface area contributed by atoms with Crippen molar-refractivity contribution in [3.05, 3.63) is 65.9 Å². The molecule has 2 aliphatic rings. The molecule has 1 saturated heterocycles. The monoisotopic (exact) mass is 469 g/mol. The lowest BCUT2D eigenvalue weighted by Gasteiger charge is -2.35. The number of carbonyl (C=O) groups is 1. The standard InChI is InChI=1S/C24H22F3N5O2/c1-14-3-4-19(22-29-6-2-7-30-22)21(31-14)23(33)32-12-16-9-15(16)10-18(32)13-34-20-11-17(5-8-28-20)24(25,26)27/h2-8,11,15-16,18H,9-10,12-13H2,1H3/t15-,16+,18-/m0/s1. The highest BCUT2D eigenvalue weighted by atomic mass is 19.4. The predicted molar refractivity (Wildman–Crippen MR) is 116 cm³/mol. The Morgan fingerprint density at radius 3 is 2.65 bits per heavy atom. The first kappa shape index (κ1) is 22.2. The van der Waals surface area contributed by atoms with Crippen molar-refractivity contribution >= 4 is 5.91 Å². The minimum Gasteiger partial charge on any atom is -0.475 e. The number of hydrogen-bond acceptors (Lipinski definition) is 6. The zero-order valence-corrected chi connectivity index (χ0v) is 18.4. The average molecular weight is 469 g/mol. The molecule has 10 heteroatoms. The second kappa shape index (κ2) is 8.66. The first-order chi connectivity index (χ1) is 16.3. The summed E-state index contributed by atoms with van der Waals surface area (Å²) in [5.74, 6) is 0.942. The topological polar surface area (TPSA) is 81.1 Å². The molecule has 5 rings (SSSR count). The molecule has 7 nitrogen and oxygen atoms in total. The Morgan fingerprint density at radius 1 is 1.09 bits per heavy atom. The van der Waals surface area contributed by atoms with Gasteiger partial charge in [0.15, 0.2) is 5.82 Å². The van der Waals surface area contributed by atoms with Crippen molar-refractivity contribution in [2.24, 2.45) is 11.8 Å². The Morgan fingerprint density at radius 2 is 1.88 bits per heavy atom. The largest absolute Gasteiger partial charge is 0.475 e. The molecule has 176 valence electrons. The van der Waals surface area contributed by atoms with Crippen LogP contribution in [0.5, 0.6) is 5.88 Å². The number of aromatic nitrogens is 4.